The van der Waals surface area contributed by atoms with Gasteiger partial charge in [-0.1, -0.05) is 33.1 Å². The van der Waals surface area contributed by atoms with Crippen LogP contribution in [0.2, 0.25) is 0 Å². The molecule has 0 heterocycles. The fourth-order valence-corrected chi connectivity index (χ4v) is 1.19. The van der Waals surface area contributed by atoms with E-state index in [0.717, 1.165) is 5.92 Å². The molecule has 0 bridgehead atoms. The van der Waals surface area contributed by atoms with Crippen LogP contribution in [0.1, 0.15) is 39.5 Å². The molecule has 0 aliphatic heterocycles. The van der Waals surface area contributed by atoms with Crippen molar-refractivity contribution in [2.45, 2.75) is 39.5 Å². The van der Waals surface area contributed by atoms with Crippen molar-refractivity contribution >= 4 is 0 Å². The van der Waals surface area contributed by atoms with Crippen LogP contribution in [-0.2, 0) is 0 Å². The lowest BCUT2D eigenvalue weighted by molar-refractivity contribution is 0.475. The van der Waals surface area contributed by atoms with Crippen molar-refractivity contribution < 1.29 is 0 Å². The Hall–Kier alpha value is -0.0400. The first-order valence-corrected chi connectivity index (χ1v) is 4.45. The SMILES string of the molecule is CCCCC[C@@H](C)CNC. The van der Waals surface area contributed by atoms with Crippen LogP contribution >= 0.6 is 0 Å². The van der Waals surface area contributed by atoms with E-state index in [0.29, 0.717) is 0 Å². The Labute approximate surface area is 65.2 Å². The third-order valence-corrected chi connectivity index (χ3v) is 1.85. The average Bonchev–Trinajstić information content (AvgIpc) is 1.89. The summed E-state index contributed by atoms with van der Waals surface area (Å²) in [7, 11) is 2.02. The normalized spacial score (nSPS) is 13.5. The first-order chi connectivity index (χ1) is 4.81. The lowest BCUT2D eigenvalue weighted by Gasteiger charge is -2.08. The van der Waals surface area contributed by atoms with Gasteiger partial charge in [-0.05, 0) is 25.9 Å². The molecule has 0 aliphatic rings. The minimum Gasteiger partial charge on any atom is -0.319 e. The van der Waals surface area contributed by atoms with Crippen LogP contribution in [0, 0.1) is 5.92 Å². The van der Waals surface area contributed by atoms with E-state index in [1.54, 1.807) is 0 Å². The highest BCUT2D eigenvalue weighted by atomic mass is 14.8. The van der Waals surface area contributed by atoms with E-state index in [9.17, 15) is 0 Å². The number of rotatable bonds is 6. The van der Waals surface area contributed by atoms with Gasteiger partial charge in [0.1, 0.15) is 0 Å². The maximum Gasteiger partial charge on any atom is -0.00262 e. The van der Waals surface area contributed by atoms with E-state index in [1.807, 2.05) is 7.05 Å². The molecule has 0 saturated carbocycles. The Morgan fingerprint density at radius 2 is 2.00 bits per heavy atom. The lowest BCUT2D eigenvalue weighted by atomic mass is 10.0. The monoisotopic (exact) mass is 143 g/mol. The fourth-order valence-electron chi connectivity index (χ4n) is 1.19. The van der Waals surface area contributed by atoms with Crippen molar-refractivity contribution in [3.8, 4) is 0 Å². The summed E-state index contributed by atoms with van der Waals surface area (Å²) in [6.07, 6.45) is 5.52. The smallest absolute Gasteiger partial charge is 0.00262 e. The van der Waals surface area contributed by atoms with Crippen LogP contribution in [0.3, 0.4) is 0 Å². The van der Waals surface area contributed by atoms with E-state index in [1.165, 1.54) is 32.2 Å². The highest BCUT2D eigenvalue weighted by Gasteiger charge is 1.98. The van der Waals surface area contributed by atoms with Crippen LogP contribution in [0.15, 0.2) is 0 Å². The average molecular weight is 143 g/mol. The standard InChI is InChI=1S/C9H21N/c1-4-5-6-7-9(2)8-10-3/h9-10H,4-8H2,1-3H3/t9-/m1/s1. The molecule has 1 N–H and O–H groups in total. The zero-order valence-corrected chi connectivity index (χ0v) is 7.61. The molecule has 0 unspecified atom stereocenters. The molecular formula is C9H21N. The van der Waals surface area contributed by atoms with Crippen LogP contribution < -0.4 is 5.32 Å². The van der Waals surface area contributed by atoms with Crippen molar-refractivity contribution in [3.63, 3.8) is 0 Å². The summed E-state index contributed by atoms with van der Waals surface area (Å²) in [5.41, 5.74) is 0. The van der Waals surface area contributed by atoms with Crippen molar-refractivity contribution in [2.24, 2.45) is 5.92 Å². The molecule has 0 fully saturated rings. The van der Waals surface area contributed by atoms with Crippen molar-refractivity contribution in [2.75, 3.05) is 13.6 Å². The summed E-state index contributed by atoms with van der Waals surface area (Å²) < 4.78 is 0. The molecule has 1 nitrogen and oxygen atoms in total. The van der Waals surface area contributed by atoms with Gasteiger partial charge in [0.25, 0.3) is 0 Å². The summed E-state index contributed by atoms with van der Waals surface area (Å²) >= 11 is 0. The Bertz CT molecular complexity index is 61.7. The molecule has 0 aromatic heterocycles. The molecular weight excluding hydrogens is 122 g/mol. The second kappa shape index (κ2) is 7.07. The van der Waals surface area contributed by atoms with Crippen molar-refractivity contribution in [1.29, 1.82) is 0 Å². The van der Waals surface area contributed by atoms with Gasteiger partial charge >= 0.3 is 0 Å². The molecule has 0 spiro atoms. The highest BCUT2D eigenvalue weighted by Crippen LogP contribution is 2.07. The predicted molar refractivity (Wildman–Crippen MR) is 47.2 cm³/mol. The molecule has 0 radical (unpaired) electrons. The molecule has 0 rings (SSSR count). The minimum absolute atomic E-state index is 0.858. The molecule has 62 valence electrons. The van der Waals surface area contributed by atoms with Gasteiger partial charge in [0.05, 0.1) is 0 Å². The molecule has 1 atom stereocenters. The lowest BCUT2D eigenvalue weighted by Crippen LogP contribution is -2.15. The van der Waals surface area contributed by atoms with Crippen molar-refractivity contribution in [3.05, 3.63) is 0 Å². The second-order valence-electron chi connectivity index (χ2n) is 3.16. The summed E-state index contributed by atoms with van der Waals surface area (Å²) in [5, 5.41) is 3.19. The van der Waals surface area contributed by atoms with Gasteiger partial charge in [-0.25, -0.2) is 0 Å². The molecule has 0 amide bonds. The van der Waals surface area contributed by atoms with Crippen LogP contribution in [0.25, 0.3) is 0 Å². The number of unbranched alkanes of at least 4 members (excludes halogenated alkanes) is 2. The van der Waals surface area contributed by atoms with Gasteiger partial charge in [-0.15, -0.1) is 0 Å². The molecule has 1 heteroatoms. The topological polar surface area (TPSA) is 12.0 Å². The third kappa shape index (κ3) is 6.09. The van der Waals surface area contributed by atoms with Crippen LogP contribution in [0.5, 0.6) is 0 Å². The van der Waals surface area contributed by atoms with E-state index in [4.69, 9.17) is 0 Å². The van der Waals surface area contributed by atoms with E-state index in [2.05, 4.69) is 19.2 Å². The maximum absolute atomic E-state index is 3.19. The van der Waals surface area contributed by atoms with E-state index >= 15 is 0 Å². The van der Waals surface area contributed by atoms with Gasteiger partial charge < -0.3 is 5.32 Å². The zero-order chi connectivity index (χ0) is 7.82. The molecule has 0 saturated heterocycles. The zero-order valence-electron chi connectivity index (χ0n) is 7.61. The van der Waals surface area contributed by atoms with E-state index < -0.39 is 0 Å². The molecule has 0 aromatic rings. The predicted octanol–water partition coefficient (Wildman–Crippen LogP) is 2.42. The fraction of sp³-hybridized carbons (Fsp3) is 1.00. The quantitative estimate of drug-likeness (QED) is 0.563. The highest BCUT2D eigenvalue weighted by molar-refractivity contribution is 4.54. The number of hydrogen-bond donors (Lipinski definition) is 1. The largest absolute Gasteiger partial charge is 0.319 e. The Morgan fingerprint density at radius 1 is 1.30 bits per heavy atom. The van der Waals surface area contributed by atoms with Gasteiger partial charge in [-0.2, -0.15) is 0 Å². The first kappa shape index (κ1) is 9.96. The van der Waals surface area contributed by atoms with Gasteiger partial charge in [0, 0.05) is 0 Å². The Kier molecular flexibility index (Phi) is 7.04. The number of nitrogens with one attached hydrogen (secondary N) is 1. The first-order valence-electron chi connectivity index (χ1n) is 4.45. The summed E-state index contributed by atoms with van der Waals surface area (Å²) in [6.45, 7) is 5.73. The van der Waals surface area contributed by atoms with Crippen LogP contribution in [-0.4, -0.2) is 13.6 Å². The maximum atomic E-state index is 3.19. The molecule has 10 heavy (non-hydrogen) atoms. The minimum atomic E-state index is 0.858. The van der Waals surface area contributed by atoms with Gasteiger partial charge in [0.15, 0.2) is 0 Å². The third-order valence-electron chi connectivity index (χ3n) is 1.85. The summed E-state index contributed by atoms with van der Waals surface area (Å²) in [4.78, 5) is 0. The van der Waals surface area contributed by atoms with Crippen LogP contribution in [0.4, 0.5) is 0 Å². The molecule has 0 aliphatic carbocycles. The Balaban J connectivity index is 2.97. The second-order valence-corrected chi connectivity index (χ2v) is 3.16. The summed E-state index contributed by atoms with van der Waals surface area (Å²) in [6, 6.07) is 0. The van der Waals surface area contributed by atoms with E-state index in [-0.39, 0.29) is 0 Å². The molecule has 0 aromatic carbocycles. The Morgan fingerprint density at radius 3 is 2.50 bits per heavy atom. The summed E-state index contributed by atoms with van der Waals surface area (Å²) in [5.74, 6) is 0.858. The number of hydrogen-bond acceptors (Lipinski definition) is 1. The van der Waals surface area contributed by atoms with Crippen molar-refractivity contribution in [1.82, 2.24) is 5.32 Å². The van der Waals surface area contributed by atoms with Gasteiger partial charge in [-0.3, -0.25) is 0 Å². The van der Waals surface area contributed by atoms with Gasteiger partial charge in [0.2, 0.25) is 0 Å².